The Hall–Kier alpha value is -0.460. The highest BCUT2D eigenvalue weighted by Gasteiger charge is 2.14. The highest BCUT2D eigenvalue weighted by molar-refractivity contribution is 9.11. The minimum Gasteiger partial charge on any atom is -0.481 e. The third-order valence-electron chi connectivity index (χ3n) is 1.20. The summed E-state index contributed by atoms with van der Waals surface area (Å²) in [5, 5.41) is 19.2. The number of aliphatic carboxylic acids is 1. The van der Waals surface area contributed by atoms with Gasteiger partial charge in [-0.3, -0.25) is 4.79 Å². The van der Waals surface area contributed by atoms with Gasteiger partial charge in [0.05, 0.1) is 12.1 Å². The van der Waals surface area contributed by atoms with Gasteiger partial charge in [-0.15, -0.1) is 11.3 Å². The maximum absolute atomic E-state index is 10.2. The Morgan fingerprint density at radius 1 is 1.83 bits per heavy atom. The van der Waals surface area contributed by atoms with Crippen molar-refractivity contribution in [1.82, 2.24) is 4.98 Å². The summed E-state index contributed by atoms with van der Waals surface area (Å²) in [6.45, 7) is 0. The van der Waals surface area contributed by atoms with Crippen LogP contribution in [0.15, 0.2) is 9.30 Å². The van der Waals surface area contributed by atoms with Crippen LogP contribution in [0.3, 0.4) is 0 Å². The van der Waals surface area contributed by atoms with Crippen LogP contribution in [0.1, 0.15) is 18.2 Å². The van der Waals surface area contributed by atoms with Crippen molar-refractivity contribution in [2.45, 2.75) is 12.5 Å². The van der Waals surface area contributed by atoms with Gasteiger partial charge in [0.25, 0.3) is 0 Å². The van der Waals surface area contributed by atoms with Gasteiger partial charge < -0.3 is 10.2 Å². The molecule has 0 radical (unpaired) electrons. The number of rotatable bonds is 3. The van der Waals surface area contributed by atoms with Crippen molar-refractivity contribution in [3.63, 3.8) is 0 Å². The standard InChI is InChI=1S/C6H6BrNO3S/c7-6-8-3(2-12-6)4(9)1-5(10)11/h2,4,9H,1H2,(H,10,11)/t4-/m1/s1. The lowest BCUT2D eigenvalue weighted by atomic mass is 10.2. The fourth-order valence-corrected chi connectivity index (χ4v) is 1.76. The summed E-state index contributed by atoms with van der Waals surface area (Å²) in [6.07, 6.45) is -1.32. The minimum atomic E-state index is -1.04. The number of aromatic nitrogens is 1. The van der Waals surface area contributed by atoms with Crippen LogP contribution in [-0.4, -0.2) is 21.2 Å². The molecule has 0 bridgehead atoms. The largest absolute Gasteiger partial charge is 0.481 e. The molecule has 0 fully saturated rings. The maximum atomic E-state index is 10.2. The molecule has 0 spiro atoms. The molecule has 6 heteroatoms. The first-order chi connectivity index (χ1) is 5.59. The van der Waals surface area contributed by atoms with E-state index in [9.17, 15) is 9.90 Å². The van der Waals surface area contributed by atoms with E-state index in [0.717, 1.165) is 0 Å². The Morgan fingerprint density at radius 3 is 2.92 bits per heavy atom. The molecule has 2 N–H and O–H groups in total. The third-order valence-corrected chi connectivity index (χ3v) is 2.59. The molecule has 66 valence electrons. The number of hydrogen-bond donors (Lipinski definition) is 2. The Morgan fingerprint density at radius 2 is 2.50 bits per heavy atom. The van der Waals surface area contributed by atoms with Gasteiger partial charge in [0, 0.05) is 5.38 Å². The molecule has 0 aliphatic carbocycles. The molecule has 0 saturated carbocycles. The highest BCUT2D eigenvalue weighted by Crippen LogP contribution is 2.22. The van der Waals surface area contributed by atoms with Crippen molar-refractivity contribution in [2.75, 3.05) is 0 Å². The van der Waals surface area contributed by atoms with Crippen LogP contribution in [0, 0.1) is 0 Å². The molecule has 0 amide bonds. The smallest absolute Gasteiger partial charge is 0.306 e. The van der Waals surface area contributed by atoms with Gasteiger partial charge in [0.1, 0.15) is 6.10 Å². The van der Waals surface area contributed by atoms with E-state index in [4.69, 9.17) is 5.11 Å². The lowest BCUT2D eigenvalue weighted by Gasteiger charge is -2.01. The van der Waals surface area contributed by atoms with E-state index in [0.29, 0.717) is 9.61 Å². The van der Waals surface area contributed by atoms with Gasteiger partial charge in [0.15, 0.2) is 3.92 Å². The van der Waals surface area contributed by atoms with Gasteiger partial charge in [-0.2, -0.15) is 0 Å². The topological polar surface area (TPSA) is 70.4 Å². The monoisotopic (exact) mass is 251 g/mol. The lowest BCUT2D eigenvalue weighted by Crippen LogP contribution is -2.05. The Labute approximate surface area is 81.0 Å². The number of carboxylic acid groups (broad SMARTS) is 1. The molecule has 4 nitrogen and oxygen atoms in total. The van der Waals surface area contributed by atoms with Gasteiger partial charge in [-0.05, 0) is 15.9 Å². The van der Waals surface area contributed by atoms with Crippen molar-refractivity contribution in [3.8, 4) is 0 Å². The van der Waals surface area contributed by atoms with Crippen LogP contribution >= 0.6 is 27.3 Å². The number of carbonyl (C=O) groups is 1. The number of thiazole rings is 1. The average Bonchev–Trinajstić information content (AvgIpc) is 2.34. The fourth-order valence-electron chi connectivity index (χ4n) is 0.686. The summed E-state index contributed by atoms with van der Waals surface area (Å²) in [6, 6.07) is 0. The van der Waals surface area contributed by atoms with Gasteiger partial charge in [-0.1, -0.05) is 0 Å². The number of hydrogen-bond acceptors (Lipinski definition) is 4. The molecule has 1 atom stereocenters. The van der Waals surface area contributed by atoms with E-state index >= 15 is 0 Å². The van der Waals surface area contributed by atoms with Crippen LogP contribution in [0.25, 0.3) is 0 Å². The summed E-state index contributed by atoms with van der Waals surface area (Å²) in [4.78, 5) is 14.1. The number of aliphatic hydroxyl groups excluding tert-OH is 1. The van der Waals surface area contributed by atoms with Gasteiger partial charge in [0.2, 0.25) is 0 Å². The van der Waals surface area contributed by atoms with Crippen molar-refractivity contribution in [1.29, 1.82) is 0 Å². The van der Waals surface area contributed by atoms with E-state index < -0.39 is 12.1 Å². The van der Waals surface area contributed by atoms with Gasteiger partial charge >= 0.3 is 5.97 Å². The molecule has 12 heavy (non-hydrogen) atoms. The normalized spacial score (nSPS) is 12.8. The molecule has 1 aromatic rings. The summed E-state index contributed by atoms with van der Waals surface area (Å²) in [5.41, 5.74) is 0.397. The zero-order valence-electron chi connectivity index (χ0n) is 5.90. The number of halogens is 1. The quantitative estimate of drug-likeness (QED) is 0.853. The highest BCUT2D eigenvalue weighted by atomic mass is 79.9. The zero-order valence-corrected chi connectivity index (χ0v) is 8.30. The zero-order chi connectivity index (χ0) is 9.14. The second-order valence-electron chi connectivity index (χ2n) is 2.14. The molecule has 1 rings (SSSR count). The Balaban J connectivity index is 2.64. The number of nitrogens with zero attached hydrogens (tertiary/aromatic N) is 1. The fraction of sp³-hybridized carbons (Fsp3) is 0.333. The van der Waals surface area contributed by atoms with E-state index in [1.54, 1.807) is 5.38 Å². The first kappa shape index (κ1) is 9.63. The summed E-state index contributed by atoms with van der Waals surface area (Å²) >= 11 is 4.43. The molecular weight excluding hydrogens is 246 g/mol. The molecule has 0 aliphatic rings. The molecule has 0 aliphatic heterocycles. The molecule has 0 saturated heterocycles. The van der Waals surface area contributed by atoms with Crippen LogP contribution in [0.2, 0.25) is 0 Å². The number of carboxylic acids is 1. The molecule has 0 unspecified atom stereocenters. The first-order valence-electron chi connectivity index (χ1n) is 3.10. The van der Waals surface area contributed by atoms with E-state index in [1.165, 1.54) is 11.3 Å². The average molecular weight is 252 g/mol. The molecule has 1 aromatic heterocycles. The summed E-state index contributed by atoms with van der Waals surface area (Å²) < 4.78 is 0.641. The maximum Gasteiger partial charge on any atom is 0.306 e. The van der Waals surface area contributed by atoms with E-state index in [1.807, 2.05) is 0 Å². The second-order valence-corrected chi connectivity index (χ2v) is 4.27. The molecule has 0 aromatic carbocycles. The van der Waals surface area contributed by atoms with Crippen molar-refractivity contribution in [2.24, 2.45) is 0 Å². The second kappa shape index (κ2) is 3.97. The van der Waals surface area contributed by atoms with Gasteiger partial charge in [-0.25, -0.2) is 4.98 Å². The van der Waals surface area contributed by atoms with Crippen molar-refractivity contribution >= 4 is 33.2 Å². The van der Waals surface area contributed by atoms with Crippen molar-refractivity contribution < 1.29 is 15.0 Å². The van der Waals surface area contributed by atoms with Crippen LogP contribution < -0.4 is 0 Å². The third kappa shape index (κ3) is 2.54. The van der Waals surface area contributed by atoms with E-state index in [-0.39, 0.29) is 6.42 Å². The van der Waals surface area contributed by atoms with Crippen LogP contribution in [0.4, 0.5) is 0 Å². The Bertz CT molecular complexity index is 288. The molecule has 1 heterocycles. The summed E-state index contributed by atoms with van der Waals surface area (Å²) in [7, 11) is 0. The van der Waals surface area contributed by atoms with Crippen LogP contribution in [0.5, 0.6) is 0 Å². The summed E-state index contributed by atoms with van der Waals surface area (Å²) in [5.74, 6) is -1.04. The SMILES string of the molecule is O=C(O)C[C@@H](O)c1csc(Br)n1. The van der Waals surface area contributed by atoms with E-state index in [2.05, 4.69) is 20.9 Å². The lowest BCUT2D eigenvalue weighted by molar-refractivity contribution is -0.139. The van der Waals surface area contributed by atoms with Crippen LogP contribution in [-0.2, 0) is 4.79 Å². The van der Waals surface area contributed by atoms with Crippen molar-refractivity contribution in [3.05, 3.63) is 15.0 Å². The molecular formula is C6H6BrNO3S. The predicted molar refractivity (Wildman–Crippen MR) is 47.0 cm³/mol. The predicted octanol–water partition coefficient (Wildman–Crippen LogP) is 1.41. The Kier molecular flexibility index (Phi) is 3.19. The number of aliphatic hydroxyl groups is 1. The first-order valence-corrected chi connectivity index (χ1v) is 4.77. The minimum absolute atomic E-state index is 0.309.